The number of hydrogen-bond acceptors (Lipinski definition) is 5. The highest BCUT2D eigenvalue weighted by atomic mass is 16.5. The number of amides is 1. The van der Waals surface area contributed by atoms with E-state index in [2.05, 4.69) is 20.4 Å². The average Bonchev–Trinajstić information content (AvgIpc) is 2.27. The lowest BCUT2D eigenvalue weighted by Crippen LogP contribution is -2.33. The van der Waals surface area contributed by atoms with E-state index in [9.17, 15) is 14.4 Å². The SMILES string of the molecule is CCOC(=O)Nc1c(NC)n(C)c(=O)[nH]c1=O. The number of H-pyrrole nitrogens is 1. The molecule has 17 heavy (non-hydrogen) atoms. The Balaban J connectivity index is 3.23. The van der Waals surface area contributed by atoms with Gasteiger partial charge in [0.1, 0.15) is 5.82 Å². The predicted molar refractivity (Wildman–Crippen MR) is 62.5 cm³/mol. The van der Waals surface area contributed by atoms with Gasteiger partial charge in [-0.25, -0.2) is 9.59 Å². The standard InChI is InChI=1S/C9H14N4O4/c1-4-17-9(16)11-5-6(10-2)13(3)8(15)12-7(5)14/h10H,4H2,1-3H3,(H,11,16)(H,12,14,15). The number of aromatic amines is 1. The van der Waals surface area contributed by atoms with Crippen LogP contribution in [0.3, 0.4) is 0 Å². The van der Waals surface area contributed by atoms with Crippen LogP contribution in [0.25, 0.3) is 0 Å². The van der Waals surface area contributed by atoms with Crippen molar-refractivity contribution in [2.24, 2.45) is 7.05 Å². The topological polar surface area (TPSA) is 105 Å². The minimum absolute atomic E-state index is 0.0620. The Bertz CT molecular complexity index is 531. The fourth-order valence-electron chi connectivity index (χ4n) is 1.30. The van der Waals surface area contributed by atoms with Gasteiger partial charge in [-0.05, 0) is 6.92 Å². The molecule has 1 amide bonds. The number of carbonyl (C=O) groups is 1. The molecule has 0 spiro atoms. The number of nitrogens with zero attached hydrogens (tertiary/aromatic N) is 1. The number of anilines is 2. The summed E-state index contributed by atoms with van der Waals surface area (Å²) in [6.45, 7) is 1.83. The molecule has 3 N–H and O–H groups in total. The lowest BCUT2D eigenvalue weighted by Gasteiger charge is -2.12. The first-order valence-corrected chi connectivity index (χ1v) is 4.96. The van der Waals surface area contributed by atoms with E-state index in [1.165, 1.54) is 18.7 Å². The van der Waals surface area contributed by atoms with Gasteiger partial charge in [-0.3, -0.25) is 19.7 Å². The van der Waals surface area contributed by atoms with Crippen LogP contribution in [-0.2, 0) is 11.8 Å². The number of hydrogen-bond donors (Lipinski definition) is 3. The van der Waals surface area contributed by atoms with Gasteiger partial charge in [0.15, 0.2) is 5.69 Å². The van der Waals surface area contributed by atoms with E-state index in [1.54, 1.807) is 6.92 Å². The van der Waals surface area contributed by atoms with Gasteiger partial charge in [-0.2, -0.15) is 0 Å². The summed E-state index contributed by atoms with van der Waals surface area (Å²) in [6, 6.07) is 0. The largest absolute Gasteiger partial charge is 0.450 e. The lowest BCUT2D eigenvalue weighted by molar-refractivity contribution is 0.168. The Morgan fingerprint density at radius 1 is 1.47 bits per heavy atom. The van der Waals surface area contributed by atoms with Crippen LogP contribution in [0, 0.1) is 0 Å². The highest BCUT2D eigenvalue weighted by molar-refractivity contribution is 5.88. The van der Waals surface area contributed by atoms with Gasteiger partial charge in [0.25, 0.3) is 5.56 Å². The van der Waals surface area contributed by atoms with Crippen molar-refractivity contribution in [3.8, 4) is 0 Å². The minimum Gasteiger partial charge on any atom is -0.450 e. The van der Waals surface area contributed by atoms with Gasteiger partial charge < -0.3 is 10.1 Å². The Hall–Kier alpha value is -2.25. The molecule has 8 nitrogen and oxygen atoms in total. The average molecular weight is 242 g/mol. The number of carbonyl (C=O) groups excluding carboxylic acids is 1. The second kappa shape index (κ2) is 5.19. The third-order valence-electron chi connectivity index (χ3n) is 2.06. The molecule has 0 saturated carbocycles. The molecule has 0 fully saturated rings. The molecule has 0 aliphatic carbocycles. The maximum atomic E-state index is 11.5. The van der Waals surface area contributed by atoms with Crippen LogP contribution in [0.15, 0.2) is 9.59 Å². The van der Waals surface area contributed by atoms with Crippen molar-refractivity contribution < 1.29 is 9.53 Å². The third-order valence-corrected chi connectivity index (χ3v) is 2.06. The monoisotopic (exact) mass is 242 g/mol. The van der Waals surface area contributed by atoms with Crippen LogP contribution < -0.4 is 21.9 Å². The van der Waals surface area contributed by atoms with Crippen molar-refractivity contribution in [3.05, 3.63) is 20.8 Å². The molecule has 0 unspecified atom stereocenters. The normalized spacial score (nSPS) is 9.82. The van der Waals surface area contributed by atoms with Crippen molar-refractivity contribution in [2.75, 3.05) is 24.3 Å². The molecule has 0 aliphatic rings. The lowest BCUT2D eigenvalue weighted by atomic mass is 10.4. The summed E-state index contributed by atoms with van der Waals surface area (Å²) < 4.78 is 5.82. The number of nitrogens with one attached hydrogen (secondary N) is 3. The van der Waals surface area contributed by atoms with Crippen molar-refractivity contribution >= 4 is 17.6 Å². The van der Waals surface area contributed by atoms with Crippen molar-refractivity contribution in [1.82, 2.24) is 9.55 Å². The molecule has 1 aromatic heterocycles. The summed E-state index contributed by atoms with van der Waals surface area (Å²) >= 11 is 0. The first-order valence-electron chi connectivity index (χ1n) is 4.96. The first kappa shape index (κ1) is 12.8. The molecule has 94 valence electrons. The smallest absolute Gasteiger partial charge is 0.411 e. The molecule has 0 aromatic carbocycles. The molecule has 0 radical (unpaired) electrons. The third kappa shape index (κ3) is 2.65. The van der Waals surface area contributed by atoms with Crippen LogP contribution in [0.2, 0.25) is 0 Å². The van der Waals surface area contributed by atoms with E-state index in [4.69, 9.17) is 0 Å². The van der Waals surface area contributed by atoms with Gasteiger partial charge in [0.2, 0.25) is 0 Å². The minimum atomic E-state index is -0.756. The van der Waals surface area contributed by atoms with Gasteiger partial charge >= 0.3 is 11.8 Å². The van der Waals surface area contributed by atoms with Gasteiger partial charge in [0.05, 0.1) is 6.61 Å². The van der Waals surface area contributed by atoms with E-state index in [-0.39, 0.29) is 18.1 Å². The van der Waals surface area contributed by atoms with Crippen LogP contribution in [-0.4, -0.2) is 29.3 Å². The molecule has 0 aliphatic heterocycles. The van der Waals surface area contributed by atoms with Crippen molar-refractivity contribution in [3.63, 3.8) is 0 Å². The summed E-state index contributed by atoms with van der Waals surface area (Å²) in [4.78, 5) is 36.1. The molecule has 8 heteroatoms. The zero-order chi connectivity index (χ0) is 13.0. The number of aromatic nitrogens is 2. The van der Waals surface area contributed by atoms with E-state index in [0.29, 0.717) is 0 Å². The molecule has 0 saturated heterocycles. The maximum Gasteiger partial charge on any atom is 0.411 e. The molecule has 1 heterocycles. The summed E-state index contributed by atoms with van der Waals surface area (Å²) in [5.74, 6) is 0.201. The Morgan fingerprint density at radius 3 is 2.65 bits per heavy atom. The van der Waals surface area contributed by atoms with Gasteiger partial charge in [-0.15, -0.1) is 0 Å². The zero-order valence-electron chi connectivity index (χ0n) is 9.79. The van der Waals surface area contributed by atoms with E-state index >= 15 is 0 Å². The van der Waals surface area contributed by atoms with Gasteiger partial charge in [0, 0.05) is 14.1 Å². The van der Waals surface area contributed by atoms with Crippen LogP contribution in [0.1, 0.15) is 6.92 Å². The summed E-state index contributed by atoms with van der Waals surface area (Å²) in [7, 11) is 2.99. The summed E-state index contributed by atoms with van der Waals surface area (Å²) in [5.41, 5.74) is -1.33. The second-order valence-electron chi connectivity index (χ2n) is 3.14. The Kier molecular flexibility index (Phi) is 3.91. The van der Waals surface area contributed by atoms with Crippen LogP contribution >= 0.6 is 0 Å². The zero-order valence-corrected chi connectivity index (χ0v) is 9.79. The fraction of sp³-hybridized carbons (Fsp3) is 0.444. The summed E-state index contributed by atoms with van der Waals surface area (Å²) in [6.07, 6.45) is -0.756. The van der Waals surface area contributed by atoms with E-state index < -0.39 is 17.3 Å². The molecule has 0 atom stereocenters. The maximum absolute atomic E-state index is 11.5. The predicted octanol–water partition coefficient (Wildman–Crippen LogP) is -0.316. The fourth-order valence-corrected chi connectivity index (χ4v) is 1.30. The highest BCUT2D eigenvalue weighted by Gasteiger charge is 2.14. The first-order chi connectivity index (χ1) is 8.01. The number of ether oxygens (including phenoxy) is 1. The molecular weight excluding hydrogens is 228 g/mol. The van der Waals surface area contributed by atoms with Crippen molar-refractivity contribution in [2.45, 2.75) is 6.92 Å². The van der Waals surface area contributed by atoms with E-state index in [0.717, 1.165) is 0 Å². The quantitative estimate of drug-likeness (QED) is 0.674. The van der Waals surface area contributed by atoms with Gasteiger partial charge in [-0.1, -0.05) is 0 Å². The second-order valence-corrected chi connectivity index (χ2v) is 3.14. The molecule has 0 bridgehead atoms. The van der Waals surface area contributed by atoms with Crippen molar-refractivity contribution in [1.29, 1.82) is 0 Å². The molecule has 1 aromatic rings. The molecular formula is C9H14N4O4. The van der Waals surface area contributed by atoms with Crippen LogP contribution in [0.5, 0.6) is 0 Å². The number of rotatable bonds is 3. The molecule has 1 rings (SSSR count). The highest BCUT2D eigenvalue weighted by Crippen LogP contribution is 2.12. The van der Waals surface area contributed by atoms with E-state index in [1.807, 2.05) is 0 Å². The summed E-state index contributed by atoms with van der Waals surface area (Å²) in [5, 5.41) is 4.94. The Labute approximate surface area is 96.6 Å². The van der Waals surface area contributed by atoms with Crippen LogP contribution in [0.4, 0.5) is 16.3 Å². The Morgan fingerprint density at radius 2 is 2.12 bits per heavy atom.